The highest BCUT2D eigenvalue weighted by Gasteiger charge is 2.18. The summed E-state index contributed by atoms with van der Waals surface area (Å²) in [4.78, 5) is 19.8. The lowest BCUT2D eigenvalue weighted by atomic mass is 10.2. The third-order valence-corrected chi connectivity index (χ3v) is 6.35. The fourth-order valence-electron chi connectivity index (χ4n) is 4.28. The number of nitrogens with one attached hydrogen (secondary N) is 1. The fourth-order valence-corrected chi connectivity index (χ4v) is 4.46. The normalized spacial score (nSPS) is 15.2. The van der Waals surface area contributed by atoms with Gasteiger partial charge in [0.15, 0.2) is 17.2 Å². The summed E-state index contributed by atoms with van der Waals surface area (Å²) in [6, 6.07) is 20.5. The summed E-state index contributed by atoms with van der Waals surface area (Å²) in [5, 5.41) is 3.47. The van der Waals surface area contributed by atoms with Gasteiger partial charge in [0.05, 0.1) is 25.4 Å². The molecular formula is C29H29ClN4O4. The number of aryl methyl sites for hydroxylation is 1. The van der Waals surface area contributed by atoms with E-state index in [1.807, 2.05) is 66.6 Å². The number of carbonyl (C=O) groups excluding carboxylic acids is 1. The second kappa shape index (κ2) is 12.1. The Labute approximate surface area is 226 Å². The van der Waals surface area contributed by atoms with Crippen LogP contribution in [0.15, 0.2) is 79.1 Å². The van der Waals surface area contributed by atoms with Gasteiger partial charge >= 0.3 is 0 Å². The predicted molar refractivity (Wildman–Crippen MR) is 146 cm³/mol. The van der Waals surface area contributed by atoms with Crippen LogP contribution in [-0.4, -0.2) is 53.3 Å². The van der Waals surface area contributed by atoms with E-state index < -0.39 is 0 Å². The summed E-state index contributed by atoms with van der Waals surface area (Å²) in [6.45, 7) is 4.48. The highest BCUT2D eigenvalue weighted by atomic mass is 35.5. The van der Waals surface area contributed by atoms with Crippen LogP contribution in [0.2, 0.25) is 5.02 Å². The zero-order chi connectivity index (χ0) is 26.3. The zero-order valence-corrected chi connectivity index (χ0v) is 21.9. The van der Waals surface area contributed by atoms with Gasteiger partial charge in [-0.3, -0.25) is 9.69 Å². The minimum absolute atomic E-state index is 0.148. The Morgan fingerprint density at radius 1 is 0.974 bits per heavy atom. The summed E-state index contributed by atoms with van der Waals surface area (Å²) < 4.78 is 20.0. The van der Waals surface area contributed by atoms with Gasteiger partial charge in [0, 0.05) is 36.2 Å². The van der Waals surface area contributed by atoms with E-state index in [9.17, 15) is 4.79 Å². The summed E-state index contributed by atoms with van der Waals surface area (Å²) in [5.41, 5.74) is 2.57. The number of aromatic nitrogens is 2. The van der Waals surface area contributed by atoms with Gasteiger partial charge in [0.2, 0.25) is 5.91 Å². The van der Waals surface area contributed by atoms with E-state index in [2.05, 4.69) is 14.9 Å². The molecule has 0 spiro atoms. The molecule has 1 N–H and O–H groups in total. The highest BCUT2D eigenvalue weighted by molar-refractivity contribution is 6.31. The molecule has 0 radical (unpaired) electrons. The lowest BCUT2D eigenvalue weighted by Gasteiger charge is -2.23. The summed E-state index contributed by atoms with van der Waals surface area (Å²) in [7, 11) is 0. The molecule has 0 unspecified atom stereocenters. The number of hydrogen-bond donors (Lipinski definition) is 1. The number of nitrogens with zero attached hydrogens (tertiary/aromatic N) is 3. The molecule has 38 heavy (non-hydrogen) atoms. The summed E-state index contributed by atoms with van der Waals surface area (Å²) in [5.74, 6) is 2.27. The molecule has 4 aromatic rings. The minimum Gasteiger partial charge on any atom is -0.487 e. The van der Waals surface area contributed by atoms with Crippen molar-refractivity contribution in [1.82, 2.24) is 14.5 Å². The third-order valence-electron chi connectivity index (χ3n) is 6.12. The lowest BCUT2D eigenvalue weighted by molar-refractivity contribution is -0.117. The van der Waals surface area contributed by atoms with Crippen LogP contribution in [0.1, 0.15) is 11.3 Å². The summed E-state index contributed by atoms with van der Waals surface area (Å²) in [6.07, 6.45) is 3.77. The first kappa shape index (κ1) is 25.8. The molecule has 9 heteroatoms. The van der Waals surface area contributed by atoms with Gasteiger partial charge in [0.1, 0.15) is 12.4 Å². The Morgan fingerprint density at radius 2 is 1.84 bits per heavy atom. The van der Waals surface area contributed by atoms with E-state index in [-0.39, 0.29) is 12.5 Å². The molecule has 0 fully saturated rings. The van der Waals surface area contributed by atoms with E-state index in [1.165, 1.54) is 0 Å². The van der Waals surface area contributed by atoms with E-state index in [1.54, 1.807) is 24.4 Å². The van der Waals surface area contributed by atoms with Gasteiger partial charge in [-0.15, -0.1) is 0 Å². The quantitative estimate of drug-likeness (QED) is 0.377. The number of ether oxygens (including phenoxy) is 3. The molecule has 3 heterocycles. The van der Waals surface area contributed by atoms with Crippen molar-refractivity contribution in [2.24, 2.45) is 0 Å². The average Bonchev–Trinajstić information content (AvgIpc) is 3.35. The molecule has 0 saturated heterocycles. The van der Waals surface area contributed by atoms with Crippen LogP contribution < -0.4 is 14.8 Å². The van der Waals surface area contributed by atoms with E-state index in [0.29, 0.717) is 60.9 Å². The van der Waals surface area contributed by atoms with Crippen LogP contribution in [0.3, 0.4) is 0 Å². The Kier molecular flexibility index (Phi) is 8.23. The van der Waals surface area contributed by atoms with Crippen molar-refractivity contribution >= 4 is 23.2 Å². The van der Waals surface area contributed by atoms with Crippen molar-refractivity contribution in [3.05, 3.63) is 95.4 Å². The molecule has 8 nitrogen and oxygen atoms in total. The molecule has 0 atom stereocenters. The molecular weight excluding hydrogens is 504 g/mol. The molecule has 1 aliphatic rings. The predicted octanol–water partition coefficient (Wildman–Crippen LogP) is 5.48. The maximum Gasteiger partial charge on any atom is 0.238 e. The number of fused-ring (bicyclic) bond motifs is 2. The SMILES string of the molecule is Cc1cccnc1-n1cccc1CN1CCOCCOc2ccccc2Oc2ccc(Cl)cc2NC(=O)C1. The second-order valence-electron chi connectivity index (χ2n) is 8.92. The molecule has 0 saturated carbocycles. The van der Waals surface area contributed by atoms with E-state index >= 15 is 0 Å². The van der Waals surface area contributed by atoms with Crippen molar-refractivity contribution in [1.29, 1.82) is 0 Å². The minimum atomic E-state index is -0.191. The molecule has 0 bridgehead atoms. The number of anilines is 1. The van der Waals surface area contributed by atoms with Gasteiger partial charge in [-0.2, -0.15) is 0 Å². The van der Waals surface area contributed by atoms with Gasteiger partial charge in [-0.05, 0) is 61.0 Å². The molecule has 2 aromatic carbocycles. The van der Waals surface area contributed by atoms with E-state index in [4.69, 9.17) is 25.8 Å². The Bertz CT molecular complexity index is 1410. The second-order valence-corrected chi connectivity index (χ2v) is 9.36. The van der Waals surface area contributed by atoms with Crippen LogP contribution >= 0.6 is 11.6 Å². The number of halogens is 1. The van der Waals surface area contributed by atoms with Crippen LogP contribution in [0, 0.1) is 6.92 Å². The molecule has 5 rings (SSSR count). The first-order chi connectivity index (χ1) is 18.6. The van der Waals surface area contributed by atoms with Crippen molar-refractivity contribution in [3.63, 3.8) is 0 Å². The number of para-hydroxylation sites is 2. The molecule has 1 aliphatic heterocycles. The average molecular weight is 533 g/mol. The van der Waals surface area contributed by atoms with Crippen LogP contribution in [0.25, 0.3) is 5.82 Å². The van der Waals surface area contributed by atoms with Gasteiger partial charge < -0.3 is 24.1 Å². The van der Waals surface area contributed by atoms with Gasteiger partial charge in [-0.1, -0.05) is 29.8 Å². The van der Waals surface area contributed by atoms with E-state index in [0.717, 1.165) is 17.1 Å². The Morgan fingerprint density at radius 3 is 2.71 bits per heavy atom. The van der Waals surface area contributed by atoms with Crippen molar-refractivity contribution in [2.75, 3.05) is 38.2 Å². The maximum absolute atomic E-state index is 13.3. The Balaban J connectivity index is 1.39. The molecule has 196 valence electrons. The van der Waals surface area contributed by atoms with Crippen molar-refractivity contribution in [3.8, 4) is 23.1 Å². The number of carbonyl (C=O) groups is 1. The Hall–Kier alpha value is -3.85. The van der Waals surface area contributed by atoms with Crippen LogP contribution in [0.4, 0.5) is 5.69 Å². The molecule has 0 aliphatic carbocycles. The maximum atomic E-state index is 13.3. The van der Waals surface area contributed by atoms with Gasteiger partial charge in [-0.25, -0.2) is 4.98 Å². The topological polar surface area (TPSA) is 77.8 Å². The third kappa shape index (κ3) is 6.34. The number of pyridine rings is 1. The first-order valence-electron chi connectivity index (χ1n) is 12.4. The van der Waals surface area contributed by atoms with Crippen LogP contribution in [0.5, 0.6) is 17.2 Å². The summed E-state index contributed by atoms with van der Waals surface area (Å²) >= 11 is 6.26. The molecule has 1 amide bonds. The number of rotatable bonds is 3. The smallest absolute Gasteiger partial charge is 0.238 e. The van der Waals surface area contributed by atoms with Crippen molar-refractivity contribution in [2.45, 2.75) is 13.5 Å². The van der Waals surface area contributed by atoms with Gasteiger partial charge in [0.25, 0.3) is 0 Å². The number of benzene rings is 2. The largest absolute Gasteiger partial charge is 0.487 e. The fraction of sp³-hybridized carbons (Fsp3) is 0.241. The molecule has 2 aromatic heterocycles. The standard InChI is InChI=1S/C29H29ClN4O4/c1-21-6-4-12-31-29(21)34-13-5-7-23(34)19-33-14-15-36-16-17-37-26-8-2-3-9-27(26)38-25-11-10-22(30)18-24(25)32-28(35)20-33/h2-13,18H,14-17,19-20H2,1H3,(H,32,35). The highest BCUT2D eigenvalue weighted by Crippen LogP contribution is 2.36. The van der Waals surface area contributed by atoms with Crippen molar-refractivity contribution < 1.29 is 19.0 Å². The monoisotopic (exact) mass is 532 g/mol. The number of amides is 1. The lowest BCUT2D eigenvalue weighted by Crippen LogP contribution is -2.36. The first-order valence-corrected chi connectivity index (χ1v) is 12.8. The number of hydrogen-bond acceptors (Lipinski definition) is 6. The van der Waals surface area contributed by atoms with Crippen LogP contribution in [-0.2, 0) is 16.1 Å². The zero-order valence-electron chi connectivity index (χ0n) is 21.1.